The third kappa shape index (κ3) is 1.95. The Kier molecular flexibility index (Phi) is 2.70. The molecule has 1 atom stereocenters. The van der Waals surface area contributed by atoms with Crippen LogP contribution in [0.2, 0.25) is 0 Å². The molecule has 1 unspecified atom stereocenters. The van der Waals surface area contributed by atoms with E-state index < -0.39 is 0 Å². The van der Waals surface area contributed by atoms with Crippen LogP contribution in [-0.2, 0) is 12.0 Å². The molecule has 1 aliphatic heterocycles. The average molecular weight is 246 g/mol. The molecule has 3 heterocycles. The second kappa shape index (κ2) is 4.24. The summed E-state index contributed by atoms with van der Waals surface area (Å²) < 4.78 is 7.28. The van der Waals surface area contributed by atoms with E-state index in [4.69, 9.17) is 4.52 Å². The minimum atomic E-state index is 0.176. The monoisotopic (exact) mass is 246 g/mol. The van der Waals surface area contributed by atoms with E-state index in [9.17, 15) is 0 Å². The normalized spacial score (nSPS) is 23.7. The van der Waals surface area contributed by atoms with Crippen molar-refractivity contribution in [3.63, 3.8) is 0 Å². The van der Waals surface area contributed by atoms with Crippen LogP contribution in [0.15, 0.2) is 23.1 Å². The highest BCUT2D eigenvalue weighted by Gasteiger charge is 2.33. The van der Waals surface area contributed by atoms with Crippen LogP contribution in [0, 0.1) is 6.92 Å². The summed E-state index contributed by atoms with van der Waals surface area (Å²) in [5.74, 6) is 0.848. The minimum absolute atomic E-state index is 0.176. The van der Waals surface area contributed by atoms with Crippen LogP contribution in [-0.4, -0.2) is 27.8 Å². The summed E-state index contributed by atoms with van der Waals surface area (Å²) in [6, 6.07) is 1.97. The fourth-order valence-electron chi connectivity index (χ4n) is 2.65. The van der Waals surface area contributed by atoms with Gasteiger partial charge in [0.1, 0.15) is 11.5 Å². The summed E-state index contributed by atoms with van der Waals surface area (Å²) in [5.41, 5.74) is 2.39. The molecule has 18 heavy (non-hydrogen) atoms. The maximum Gasteiger partial charge on any atom is 0.133 e. The van der Waals surface area contributed by atoms with Gasteiger partial charge in [0.15, 0.2) is 0 Å². The molecule has 96 valence electrons. The largest absolute Gasteiger partial charge is 0.361 e. The van der Waals surface area contributed by atoms with Crippen molar-refractivity contribution in [2.75, 3.05) is 13.1 Å². The first-order chi connectivity index (χ1) is 8.67. The molecule has 3 rings (SSSR count). The van der Waals surface area contributed by atoms with Gasteiger partial charge in [-0.1, -0.05) is 12.1 Å². The van der Waals surface area contributed by atoms with E-state index in [1.165, 1.54) is 5.69 Å². The maximum absolute atomic E-state index is 5.11. The lowest BCUT2D eigenvalue weighted by Gasteiger charge is -2.23. The third-order valence-corrected chi connectivity index (χ3v) is 3.71. The van der Waals surface area contributed by atoms with Crippen LogP contribution in [0.1, 0.15) is 30.5 Å². The summed E-state index contributed by atoms with van der Waals surface area (Å²) in [7, 11) is 0. The summed E-state index contributed by atoms with van der Waals surface area (Å²) in [6.45, 7) is 7.01. The lowest BCUT2D eigenvalue weighted by molar-refractivity contribution is 0.387. The Bertz CT molecular complexity index is 537. The van der Waals surface area contributed by atoms with Gasteiger partial charge < -0.3 is 14.4 Å². The number of nitrogens with zero attached hydrogens (tertiary/aromatic N) is 3. The van der Waals surface area contributed by atoms with Crippen molar-refractivity contribution in [3.05, 3.63) is 35.7 Å². The number of nitrogens with one attached hydrogen (secondary N) is 1. The lowest BCUT2D eigenvalue weighted by Crippen LogP contribution is -2.28. The second-order valence-corrected chi connectivity index (χ2v) is 5.32. The molecule has 0 radical (unpaired) electrons. The lowest BCUT2D eigenvalue weighted by atomic mass is 9.86. The first-order valence-corrected chi connectivity index (χ1v) is 6.31. The minimum Gasteiger partial charge on any atom is -0.361 e. The Balaban J connectivity index is 1.87. The zero-order chi connectivity index (χ0) is 12.6. The molecule has 5 nitrogen and oxygen atoms in total. The van der Waals surface area contributed by atoms with E-state index in [-0.39, 0.29) is 5.41 Å². The van der Waals surface area contributed by atoms with Crippen LogP contribution >= 0.6 is 0 Å². The Morgan fingerprint density at radius 3 is 3.11 bits per heavy atom. The van der Waals surface area contributed by atoms with Crippen LogP contribution in [0.5, 0.6) is 0 Å². The topological polar surface area (TPSA) is 55.9 Å². The summed E-state index contributed by atoms with van der Waals surface area (Å²) >= 11 is 0. The molecule has 0 saturated carbocycles. The van der Waals surface area contributed by atoms with Gasteiger partial charge in [-0.25, -0.2) is 4.98 Å². The maximum atomic E-state index is 5.11. The van der Waals surface area contributed by atoms with Gasteiger partial charge in [0, 0.05) is 29.9 Å². The molecule has 1 fully saturated rings. The Hall–Kier alpha value is -1.62. The molecule has 1 aliphatic rings. The van der Waals surface area contributed by atoms with Gasteiger partial charge in [-0.2, -0.15) is 0 Å². The van der Waals surface area contributed by atoms with E-state index in [1.54, 1.807) is 0 Å². The summed E-state index contributed by atoms with van der Waals surface area (Å²) in [6.07, 6.45) is 5.00. The Morgan fingerprint density at radius 1 is 1.56 bits per heavy atom. The fraction of sp³-hybridized carbons (Fsp3) is 0.538. The zero-order valence-corrected chi connectivity index (χ0v) is 10.8. The molecule has 0 bridgehead atoms. The van der Waals surface area contributed by atoms with Gasteiger partial charge >= 0.3 is 0 Å². The molecule has 2 aromatic heterocycles. The van der Waals surface area contributed by atoms with Crippen molar-refractivity contribution in [1.82, 2.24) is 20.0 Å². The van der Waals surface area contributed by atoms with Gasteiger partial charge in [0.2, 0.25) is 0 Å². The van der Waals surface area contributed by atoms with Crippen molar-refractivity contribution in [3.8, 4) is 0 Å². The van der Waals surface area contributed by atoms with Crippen molar-refractivity contribution in [2.24, 2.45) is 0 Å². The molecule has 2 aromatic rings. The highest BCUT2D eigenvalue weighted by molar-refractivity contribution is 5.18. The number of rotatable bonds is 3. The zero-order valence-electron chi connectivity index (χ0n) is 10.8. The molecule has 1 N–H and O–H groups in total. The molecule has 0 aromatic carbocycles. The van der Waals surface area contributed by atoms with E-state index in [0.717, 1.165) is 37.5 Å². The van der Waals surface area contributed by atoms with Crippen molar-refractivity contribution in [2.45, 2.75) is 32.2 Å². The SMILES string of the molecule is Cc1cc(Cn2cncc2C2(C)CCNC2)no1. The van der Waals surface area contributed by atoms with Gasteiger partial charge in [-0.3, -0.25) is 0 Å². The van der Waals surface area contributed by atoms with Crippen molar-refractivity contribution < 1.29 is 4.52 Å². The second-order valence-electron chi connectivity index (χ2n) is 5.32. The van der Waals surface area contributed by atoms with Crippen LogP contribution in [0.25, 0.3) is 0 Å². The number of imidazole rings is 1. The highest BCUT2D eigenvalue weighted by Crippen LogP contribution is 2.30. The molecule has 0 amide bonds. The summed E-state index contributed by atoms with van der Waals surface area (Å²) in [4.78, 5) is 4.29. The Labute approximate surface area is 106 Å². The predicted octanol–water partition coefficient (Wildman–Crippen LogP) is 1.48. The summed E-state index contributed by atoms with van der Waals surface area (Å²) in [5, 5.41) is 7.46. The van der Waals surface area contributed by atoms with E-state index in [2.05, 4.69) is 26.9 Å². The van der Waals surface area contributed by atoms with Gasteiger partial charge in [-0.15, -0.1) is 0 Å². The van der Waals surface area contributed by atoms with E-state index in [1.807, 2.05) is 25.5 Å². The van der Waals surface area contributed by atoms with Gasteiger partial charge in [0.25, 0.3) is 0 Å². The third-order valence-electron chi connectivity index (χ3n) is 3.71. The first kappa shape index (κ1) is 11.5. The van der Waals surface area contributed by atoms with E-state index >= 15 is 0 Å². The number of aryl methyl sites for hydroxylation is 1. The van der Waals surface area contributed by atoms with Crippen LogP contribution in [0.3, 0.4) is 0 Å². The highest BCUT2D eigenvalue weighted by atomic mass is 16.5. The molecule has 0 aliphatic carbocycles. The smallest absolute Gasteiger partial charge is 0.133 e. The van der Waals surface area contributed by atoms with Gasteiger partial charge in [-0.05, 0) is 19.9 Å². The van der Waals surface area contributed by atoms with Crippen molar-refractivity contribution in [1.29, 1.82) is 0 Å². The van der Waals surface area contributed by atoms with Crippen LogP contribution in [0.4, 0.5) is 0 Å². The molecule has 0 spiro atoms. The quantitative estimate of drug-likeness (QED) is 0.891. The van der Waals surface area contributed by atoms with Crippen molar-refractivity contribution >= 4 is 0 Å². The molecule has 1 saturated heterocycles. The number of hydrogen-bond acceptors (Lipinski definition) is 4. The fourth-order valence-corrected chi connectivity index (χ4v) is 2.65. The first-order valence-electron chi connectivity index (χ1n) is 6.31. The van der Waals surface area contributed by atoms with Crippen LogP contribution < -0.4 is 5.32 Å². The van der Waals surface area contributed by atoms with Gasteiger partial charge in [0.05, 0.1) is 12.9 Å². The predicted molar refractivity (Wildman–Crippen MR) is 67.4 cm³/mol. The molecular formula is C13H18N4O. The number of hydrogen-bond donors (Lipinski definition) is 1. The number of aromatic nitrogens is 3. The molecular weight excluding hydrogens is 228 g/mol. The van der Waals surface area contributed by atoms with E-state index in [0.29, 0.717) is 0 Å². The standard InChI is InChI=1S/C13H18N4O/c1-10-5-11(16-18-10)7-17-9-15-6-12(17)13(2)3-4-14-8-13/h5-6,9,14H,3-4,7-8H2,1-2H3. The average Bonchev–Trinajstić information content (AvgIpc) is 3.02. The molecule has 5 heteroatoms. The Morgan fingerprint density at radius 2 is 2.44 bits per heavy atom.